The van der Waals surface area contributed by atoms with Gasteiger partial charge in [-0.15, -0.1) is 0 Å². The van der Waals surface area contributed by atoms with Crippen molar-refractivity contribution in [2.75, 3.05) is 25.1 Å². The van der Waals surface area contributed by atoms with Crippen LogP contribution >= 0.6 is 23.2 Å². The minimum Gasteiger partial charge on any atom is -0.497 e. The maximum Gasteiger partial charge on any atom is 0.264 e. The van der Waals surface area contributed by atoms with Crippen LogP contribution in [0.5, 0.6) is 11.5 Å². The molecule has 0 saturated heterocycles. The maximum atomic E-state index is 14.1. The first-order chi connectivity index (χ1) is 19.4. The summed E-state index contributed by atoms with van der Waals surface area (Å²) >= 11 is 12.5. The number of carbonyl (C=O) groups is 2. The molecule has 0 aliphatic rings. The number of benzene rings is 3. The first kappa shape index (κ1) is 32.0. The average molecular weight is 623 g/mol. The van der Waals surface area contributed by atoms with Gasteiger partial charge in [-0.2, -0.15) is 0 Å². The van der Waals surface area contributed by atoms with Crippen LogP contribution in [-0.2, 0) is 26.2 Å². The number of hydrogen-bond acceptors (Lipinski definition) is 6. The van der Waals surface area contributed by atoms with Gasteiger partial charge in [0.2, 0.25) is 11.8 Å². The summed E-state index contributed by atoms with van der Waals surface area (Å²) in [6.07, 6.45) is 0. The van der Waals surface area contributed by atoms with Crippen molar-refractivity contribution >= 4 is 50.7 Å². The summed E-state index contributed by atoms with van der Waals surface area (Å²) in [5, 5.41) is 3.52. The van der Waals surface area contributed by atoms with Gasteiger partial charge in [0, 0.05) is 28.7 Å². The Bertz CT molecular complexity index is 1490. The minimum atomic E-state index is -4.29. The number of methoxy groups -OCH3 is 2. The molecule has 3 aromatic carbocycles. The molecule has 3 aromatic rings. The zero-order valence-electron chi connectivity index (χ0n) is 23.4. The third kappa shape index (κ3) is 7.84. The molecule has 9 nitrogen and oxygen atoms in total. The number of rotatable bonds is 12. The van der Waals surface area contributed by atoms with Gasteiger partial charge in [-0.05, 0) is 62.7 Å². The Hall–Kier alpha value is -3.47. The summed E-state index contributed by atoms with van der Waals surface area (Å²) in [6.45, 7) is 4.45. The van der Waals surface area contributed by atoms with E-state index >= 15 is 0 Å². The monoisotopic (exact) mass is 621 g/mol. The van der Waals surface area contributed by atoms with E-state index in [1.54, 1.807) is 63.2 Å². The molecule has 0 fully saturated rings. The Kier molecular flexibility index (Phi) is 10.9. The molecule has 0 saturated carbocycles. The third-order valence-corrected chi connectivity index (χ3v) is 8.58. The summed E-state index contributed by atoms with van der Waals surface area (Å²) in [5.41, 5.74) is 0.623. The van der Waals surface area contributed by atoms with E-state index in [2.05, 4.69) is 5.32 Å². The van der Waals surface area contributed by atoms with Crippen LogP contribution in [0.4, 0.5) is 5.69 Å². The van der Waals surface area contributed by atoms with Crippen molar-refractivity contribution in [3.63, 3.8) is 0 Å². The van der Waals surface area contributed by atoms with E-state index in [9.17, 15) is 18.0 Å². The molecule has 1 N–H and O–H groups in total. The molecule has 0 aliphatic carbocycles. The van der Waals surface area contributed by atoms with Gasteiger partial charge in [-0.1, -0.05) is 47.5 Å². The molecule has 41 heavy (non-hydrogen) atoms. The Labute approximate surface area is 251 Å². The quantitative estimate of drug-likeness (QED) is 0.300. The van der Waals surface area contributed by atoms with Crippen LogP contribution in [-0.4, -0.2) is 58.0 Å². The van der Waals surface area contributed by atoms with Crippen molar-refractivity contribution in [1.29, 1.82) is 0 Å². The number of nitrogens with zero attached hydrogens (tertiary/aromatic N) is 2. The molecule has 0 aromatic heterocycles. The van der Waals surface area contributed by atoms with Gasteiger partial charge in [0.15, 0.2) is 0 Å². The maximum absolute atomic E-state index is 14.1. The number of amides is 2. The van der Waals surface area contributed by atoms with Gasteiger partial charge in [-0.3, -0.25) is 13.9 Å². The van der Waals surface area contributed by atoms with Gasteiger partial charge in [0.25, 0.3) is 10.0 Å². The van der Waals surface area contributed by atoms with Crippen LogP contribution in [0.1, 0.15) is 26.3 Å². The lowest BCUT2D eigenvalue weighted by Crippen LogP contribution is -2.52. The summed E-state index contributed by atoms with van der Waals surface area (Å²) in [6, 6.07) is 16.0. The molecule has 12 heteroatoms. The molecule has 0 radical (unpaired) electrons. The van der Waals surface area contributed by atoms with Crippen LogP contribution < -0.4 is 19.1 Å². The van der Waals surface area contributed by atoms with E-state index in [4.69, 9.17) is 32.7 Å². The minimum absolute atomic E-state index is 0.0319. The molecule has 0 spiro atoms. The van der Waals surface area contributed by atoms with E-state index in [1.165, 1.54) is 43.4 Å². The summed E-state index contributed by atoms with van der Waals surface area (Å²) in [4.78, 5) is 28.4. The number of ether oxygens (including phenoxy) is 2. The van der Waals surface area contributed by atoms with Crippen molar-refractivity contribution < 1.29 is 27.5 Å². The van der Waals surface area contributed by atoms with Crippen molar-refractivity contribution in [2.45, 2.75) is 44.3 Å². The second kappa shape index (κ2) is 13.9. The Morgan fingerprint density at radius 3 is 2.20 bits per heavy atom. The fourth-order valence-corrected chi connectivity index (χ4v) is 5.95. The summed E-state index contributed by atoms with van der Waals surface area (Å²) in [7, 11) is -1.45. The highest BCUT2D eigenvalue weighted by Crippen LogP contribution is 2.36. The van der Waals surface area contributed by atoms with Gasteiger partial charge in [0.1, 0.15) is 24.1 Å². The second-order valence-corrected chi connectivity index (χ2v) is 12.2. The molecule has 1 unspecified atom stereocenters. The first-order valence-corrected chi connectivity index (χ1v) is 14.9. The predicted molar refractivity (Wildman–Crippen MR) is 160 cm³/mol. The predicted octanol–water partition coefficient (Wildman–Crippen LogP) is 5.15. The van der Waals surface area contributed by atoms with Crippen LogP contribution in [0, 0.1) is 0 Å². The third-order valence-electron chi connectivity index (χ3n) is 6.22. The zero-order chi connectivity index (χ0) is 30.3. The first-order valence-electron chi connectivity index (χ1n) is 12.7. The highest BCUT2D eigenvalue weighted by molar-refractivity contribution is 7.92. The number of nitrogens with one attached hydrogen (secondary N) is 1. The lowest BCUT2D eigenvalue weighted by Gasteiger charge is -2.33. The highest BCUT2D eigenvalue weighted by Gasteiger charge is 2.34. The number of anilines is 1. The summed E-state index contributed by atoms with van der Waals surface area (Å²) < 4.78 is 39.8. The van der Waals surface area contributed by atoms with Crippen molar-refractivity contribution in [2.24, 2.45) is 0 Å². The molecule has 0 heterocycles. The van der Waals surface area contributed by atoms with Crippen LogP contribution in [0.15, 0.2) is 71.6 Å². The highest BCUT2D eigenvalue weighted by atomic mass is 35.5. The molecule has 1 atom stereocenters. The number of sulfonamides is 1. The molecular formula is C29H33Cl2N3O6S. The van der Waals surface area contributed by atoms with E-state index in [0.717, 1.165) is 4.31 Å². The molecular weight excluding hydrogens is 589 g/mol. The Balaban J connectivity index is 2.13. The second-order valence-electron chi connectivity index (χ2n) is 9.46. The Morgan fingerprint density at radius 1 is 0.927 bits per heavy atom. The van der Waals surface area contributed by atoms with Crippen molar-refractivity contribution in [1.82, 2.24) is 10.2 Å². The van der Waals surface area contributed by atoms with Crippen LogP contribution in [0.3, 0.4) is 0 Å². The summed E-state index contributed by atoms with van der Waals surface area (Å²) in [5.74, 6) is -0.492. The molecule has 0 bridgehead atoms. The lowest BCUT2D eigenvalue weighted by atomic mass is 10.1. The standard InChI is InChI=1S/C29H33Cl2N3O6S/c1-19(2)32-29(36)20(3)33(17-21-11-12-22(30)15-25(21)31)28(35)18-34(41(37,38)24-9-7-6-8-10-24)26-16-23(39-4)13-14-27(26)40-5/h6-16,19-20H,17-18H2,1-5H3,(H,32,36). The lowest BCUT2D eigenvalue weighted by molar-refractivity contribution is -0.139. The fourth-order valence-electron chi connectivity index (χ4n) is 4.05. The van der Waals surface area contributed by atoms with E-state index < -0.39 is 34.4 Å². The normalized spacial score (nSPS) is 12.0. The van der Waals surface area contributed by atoms with Crippen LogP contribution in [0.2, 0.25) is 10.0 Å². The number of hydrogen-bond donors (Lipinski definition) is 1. The Morgan fingerprint density at radius 2 is 1.61 bits per heavy atom. The van der Waals surface area contributed by atoms with Gasteiger partial charge in [0.05, 0.1) is 24.8 Å². The topological polar surface area (TPSA) is 105 Å². The molecule has 220 valence electrons. The van der Waals surface area contributed by atoms with Crippen molar-refractivity contribution in [3.05, 3.63) is 82.3 Å². The average Bonchev–Trinajstić information content (AvgIpc) is 2.94. The smallest absolute Gasteiger partial charge is 0.264 e. The zero-order valence-corrected chi connectivity index (χ0v) is 25.8. The molecule has 2 amide bonds. The van der Waals surface area contributed by atoms with E-state index in [-0.39, 0.29) is 28.9 Å². The fraction of sp³-hybridized carbons (Fsp3) is 0.310. The van der Waals surface area contributed by atoms with Gasteiger partial charge >= 0.3 is 0 Å². The number of carbonyl (C=O) groups excluding carboxylic acids is 2. The number of halogens is 2. The SMILES string of the molecule is COc1ccc(OC)c(N(CC(=O)N(Cc2ccc(Cl)cc2Cl)C(C)C(=O)NC(C)C)S(=O)(=O)c2ccccc2)c1. The van der Waals surface area contributed by atoms with Crippen molar-refractivity contribution in [3.8, 4) is 11.5 Å². The van der Waals surface area contributed by atoms with E-state index in [0.29, 0.717) is 21.4 Å². The van der Waals surface area contributed by atoms with Gasteiger partial charge < -0.3 is 19.7 Å². The van der Waals surface area contributed by atoms with Crippen LogP contribution in [0.25, 0.3) is 0 Å². The van der Waals surface area contributed by atoms with Gasteiger partial charge in [-0.25, -0.2) is 8.42 Å². The van der Waals surface area contributed by atoms with E-state index in [1.807, 2.05) is 0 Å². The molecule has 3 rings (SSSR count). The largest absolute Gasteiger partial charge is 0.497 e. The molecule has 0 aliphatic heterocycles.